The molecule has 1 saturated heterocycles. The maximum atomic E-state index is 11.1. The highest BCUT2D eigenvalue weighted by molar-refractivity contribution is 5.86. The molecular weight excluding hydrogens is 162 g/mol. The Morgan fingerprint density at radius 2 is 2.00 bits per heavy atom. The smallest absolute Gasteiger partial charge is 0.226 e. The molecule has 1 aromatic carbocycles. The van der Waals surface area contributed by atoms with Crippen molar-refractivity contribution in [2.24, 2.45) is 5.92 Å². The molecule has 1 aromatic rings. The second kappa shape index (κ2) is 3.21. The number of hydrogen-bond donors (Lipinski definition) is 1. The van der Waals surface area contributed by atoms with Gasteiger partial charge < -0.3 is 5.32 Å². The van der Waals surface area contributed by atoms with Crippen molar-refractivity contribution in [3.8, 4) is 0 Å². The second-order valence-corrected chi connectivity index (χ2v) is 3.41. The van der Waals surface area contributed by atoms with E-state index >= 15 is 0 Å². The molecule has 1 heterocycles. The van der Waals surface area contributed by atoms with E-state index in [4.69, 9.17) is 0 Å². The first-order chi connectivity index (χ1) is 6.33. The Labute approximate surface area is 78.0 Å². The Hall–Kier alpha value is -1.31. The number of rotatable bonds is 2. The molecule has 0 unspecified atom stereocenters. The summed E-state index contributed by atoms with van der Waals surface area (Å²) in [7, 11) is 0. The van der Waals surface area contributed by atoms with Crippen molar-refractivity contribution >= 4 is 5.91 Å². The van der Waals surface area contributed by atoms with E-state index in [0.29, 0.717) is 0 Å². The third-order valence-corrected chi connectivity index (χ3v) is 2.64. The first kappa shape index (κ1) is 8.30. The van der Waals surface area contributed by atoms with Gasteiger partial charge in [-0.15, -0.1) is 0 Å². The number of carbonyl (C=O) groups excluding carboxylic acids is 1. The predicted molar refractivity (Wildman–Crippen MR) is 51.1 cm³/mol. The van der Waals surface area contributed by atoms with Crippen LogP contribution in [0.25, 0.3) is 0 Å². The highest BCUT2D eigenvalue weighted by Gasteiger charge is 2.38. The zero-order valence-corrected chi connectivity index (χ0v) is 7.66. The number of carbonyl (C=O) groups is 1. The minimum absolute atomic E-state index is 0.183. The van der Waals surface area contributed by atoms with E-state index in [1.54, 1.807) is 0 Å². The van der Waals surface area contributed by atoms with Gasteiger partial charge in [0.15, 0.2) is 0 Å². The third kappa shape index (κ3) is 1.32. The van der Waals surface area contributed by atoms with Gasteiger partial charge in [0.2, 0.25) is 5.91 Å². The van der Waals surface area contributed by atoms with E-state index in [2.05, 4.69) is 24.4 Å². The quantitative estimate of drug-likeness (QED) is 0.683. The number of amides is 1. The molecule has 1 aliphatic rings. The van der Waals surface area contributed by atoms with Crippen LogP contribution in [0.2, 0.25) is 0 Å². The standard InChI is InChI=1S/C11H13NO/c1-2-9-10(12-11(9)13)8-6-4-3-5-7-8/h3-7,9-10H,2H2,1H3,(H,12,13)/t9-,10+/m0/s1. The SMILES string of the molecule is CC[C@@H]1C(=O)N[C@@H]1c1ccccc1. The Bertz CT molecular complexity index is 307. The average Bonchev–Trinajstić information content (AvgIpc) is 2.16. The Balaban J connectivity index is 2.16. The lowest BCUT2D eigenvalue weighted by Crippen LogP contribution is -2.51. The van der Waals surface area contributed by atoms with E-state index in [1.807, 2.05) is 18.2 Å². The fourth-order valence-corrected chi connectivity index (χ4v) is 1.81. The summed E-state index contributed by atoms with van der Waals surface area (Å²) in [5.41, 5.74) is 1.22. The fraction of sp³-hybridized carbons (Fsp3) is 0.364. The maximum absolute atomic E-state index is 11.1. The van der Waals surface area contributed by atoms with Crippen LogP contribution in [-0.2, 0) is 4.79 Å². The zero-order chi connectivity index (χ0) is 9.26. The highest BCUT2D eigenvalue weighted by Crippen LogP contribution is 2.32. The summed E-state index contributed by atoms with van der Waals surface area (Å²) in [6.45, 7) is 2.05. The predicted octanol–water partition coefficient (Wildman–Crippen LogP) is 1.88. The summed E-state index contributed by atoms with van der Waals surface area (Å²) >= 11 is 0. The van der Waals surface area contributed by atoms with Crippen molar-refractivity contribution in [1.29, 1.82) is 0 Å². The molecule has 0 spiro atoms. The molecular formula is C11H13NO. The molecule has 1 aliphatic heterocycles. The van der Waals surface area contributed by atoms with Gasteiger partial charge in [-0.1, -0.05) is 37.3 Å². The molecule has 0 radical (unpaired) electrons. The second-order valence-electron chi connectivity index (χ2n) is 3.41. The number of hydrogen-bond acceptors (Lipinski definition) is 1. The van der Waals surface area contributed by atoms with Crippen LogP contribution in [0.15, 0.2) is 30.3 Å². The lowest BCUT2D eigenvalue weighted by molar-refractivity contribution is -0.135. The van der Waals surface area contributed by atoms with Crippen molar-refractivity contribution < 1.29 is 4.79 Å². The van der Waals surface area contributed by atoms with Crippen LogP contribution in [0.3, 0.4) is 0 Å². The van der Waals surface area contributed by atoms with Gasteiger partial charge in [0, 0.05) is 0 Å². The molecule has 2 atom stereocenters. The van der Waals surface area contributed by atoms with Crippen LogP contribution < -0.4 is 5.32 Å². The molecule has 0 bridgehead atoms. The molecule has 1 fully saturated rings. The van der Waals surface area contributed by atoms with Crippen molar-refractivity contribution in [2.45, 2.75) is 19.4 Å². The topological polar surface area (TPSA) is 29.1 Å². The monoisotopic (exact) mass is 175 g/mol. The number of nitrogens with one attached hydrogen (secondary N) is 1. The molecule has 2 nitrogen and oxygen atoms in total. The molecule has 1 amide bonds. The summed E-state index contributed by atoms with van der Waals surface area (Å²) in [6.07, 6.45) is 0.922. The van der Waals surface area contributed by atoms with Crippen molar-refractivity contribution in [1.82, 2.24) is 5.32 Å². The Morgan fingerprint density at radius 1 is 1.31 bits per heavy atom. The number of benzene rings is 1. The van der Waals surface area contributed by atoms with Gasteiger partial charge in [0.1, 0.15) is 0 Å². The van der Waals surface area contributed by atoms with E-state index < -0.39 is 0 Å². The zero-order valence-electron chi connectivity index (χ0n) is 7.66. The molecule has 0 saturated carbocycles. The van der Waals surface area contributed by atoms with Crippen molar-refractivity contribution in [3.05, 3.63) is 35.9 Å². The van der Waals surface area contributed by atoms with Crippen LogP contribution >= 0.6 is 0 Å². The van der Waals surface area contributed by atoms with Crippen LogP contribution in [0, 0.1) is 5.92 Å². The van der Waals surface area contributed by atoms with Gasteiger partial charge in [-0.2, -0.15) is 0 Å². The highest BCUT2D eigenvalue weighted by atomic mass is 16.2. The van der Waals surface area contributed by atoms with Gasteiger partial charge in [-0.05, 0) is 12.0 Å². The van der Waals surface area contributed by atoms with Crippen LogP contribution in [0.1, 0.15) is 24.9 Å². The largest absolute Gasteiger partial charge is 0.348 e. The molecule has 1 N–H and O–H groups in total. The van der Waals surface area contributed by atoms with Crippen LogP contribution in [0.5, 0.6) is 0 Å². The minimum Gasteiger partial charge on any atom is -0.348 e. The summed E-state index contributed by atoms with van der Waals surface area (Å²) in [6, 6.07) is 10.4. The summed E-state index contributed by atoms with van der Waals surface area (Å²) < 4.78 is 0. The van der Waals surface area contributed by atoms with Gasteiger partial charge >= 0.3 is 0 Å². The van der Waals surface area contributed by atoms with Crippen LogP contribution in [0.4, 0.5) is 0 Å². The molecule has 68 valence electrons. The van der Waals surface area contributed by atoms with E-state index in [0.717, 1.165) is 6.42 Å². The minimum atomic E-state index is 0.183. The Kier molecular flexibility index (Phi) is 2.05. The maximum Gasteiger partial charge on any atom is 0.226 e. The lowest BCUT2D eigenvalue weighted by atomic mass is 9.83. The average molecular weight is 175 g/mol. The first-order valence-electron chi connectivity index (χ1n) is 4.68. The van der Waals surface area contributed by atoms with Gasteiger partial charge in [0.25, 0.3) is 0 Å². The summed E-state index contributed by atoms with van der Waals surface area (Å²) in [5, 5.41) is 2.92. The van der Waals surface area contributed by atoms with E-state index in [1.165, 1.54) is 5.56 Å². The third-order valence-electron chi connectivity index (χ3n) is 2.64. The van der Waals surface area contributed by atoms with Crippen molar-refractivity contribution in [2.75, 3.05) is 0 Å². The first-order valence-corrected chi connectivity index (χ1v) is 4.68. The van der Waals surface area contributed by atoms with E-state index in [-0.39, 0.29) is 17.9 Å². The van der Waals surface area contributed by atoms with Gasteiger partial charge in [-0.25, -0.2) is 0 Å². The van der Waals surface area contributed by atoms with Crippen LogP contribution in [-0.4, -0.2) is 5.91 Å². The fourth-order valence-electron chi connectivity index (χ4n) is 1.81. The summed E-state index contributed by atoms with van der Waals surface area (Å²) in [5.74, 6) is 0.374. The van der Waals surface area contributed by atoms with E-state index in [9.17, 15) is 4.79 Å². The molecule has 0 aliphatic carbocycles. The summed E-state index contributed by atoms with van der Waals surface area (Å²) in [4.78, 5) is 11.1. The normalized spacial score (nSPS) is 26.4. The number of β-lactam (4-membered cyclic amide) rings is 1. The van der Waals surface area contributed by atoms with Gasteiger partial charge in [0.05, 0.1) is 12.0 Å². The molecule has 2 heteroatoms. The lowest BCUT2D eigenvalue weighted by Gasteiger charge is -2.36. The molecule has 0 aromatic heterocycles. The molecule has 2 rings (SSSR count). The van der Waals surface area contributed by atoms with Crippen molar-refractivity contribution in [3.63, 3.8) is 0 Å². The Morgan fingerprint density at radius 3 is 2.54 bits per heavy atom. The van der Waals surface area contributed by atoms with Gasteiger partial charge in [-0.3, -0.25) is 4.79 Å². The molecule has 13 heavy (non-hydrogen) atoms.